The summed E-state index contributed by atoms with van der Waals surface area (Å²) in [4.78, 5) is 15.9. The summed E-state index contributed by atoms with van der Waals surface area (Å²) in [5.74, 6) is -0.0634. The molecule has 2 rings (SSSR count). The van der Waals surface area contributed by atoms with Crippen molar-refractivity contribution in [2.24, 2.45) is 0 Å². The molecule has 0 saturated heterocycles. The van der Waals surface area contributed by atoms with Crippen molar-refractivity contribution >= 4 is 22.9 Å². The third-order valence-electron chi connectivity index (χ3n) is 2.34. The monoisotopic (exact) mass is 251 g/mol. The van der Waals surface area contributed by atoms with Crippen LogP contribution in [-0.4, -0.2) is 27.6 Å². The number of H-pyrrole nitrogens is 1. The molecule has 1 unspecified atom stereocenters. The first-order valence-corrected chi connectivity index (χ1v) is 6.03. The van der Waals surface area contributed by atoms with Crippen LogP contribution < -0.4 is 11.1 Å². The second-order valence-corrected chi connectivity index (χ2v) is 4.61. The fourth-order valence-corrected chi connectivity index (χ4v) is 2.08. The van der Waals surface area contributed by atoms with Crippen molar-refractivity contribution < 1.29 is 4.79 Å². The van der Waals surface area contributed by atoms with Gasteiger partial charge in [-0.3, -0.25) is 9.89 Å². The minimum Gasteiger partial charge on any atom is -0.396 e. The standard InChI is InChI=1S/C10H13N5OS/c1-6(10-12-2-3-17-10)4-13-9(16)8-7(11)5-14-15-8/h2-3,5-6H,4,11H2,1H3,(H,13,16)(H,14,15). The predicted molar refractivity (Wildman–Crippen MR) is 65.9 cm³/mol. The maximum Gasteiger partial charge on any atom is 0.271 e. The van der Waals surface area contributed by atoms with Crippen LogP contribution in [0, 0.1) is 0 Å². The van der Waals surface area contributed by atoms with Crippen LogP contribution in [0.15, 0.2) is 17.8 Å². The van der Waals surface area contributed by atoms with Crippen molar-refractivity contribution in [1.29, 1.82) is 0 Å². The Morgan fingerprint density at radius 2 is 2.53 bits per heavy atom. The Balaban J connectivity index is 1.91. The van der Waals surface area contributed by atoms with Crippen molar-refractivity contribution in [3.63, 3.8) is 0 Å². The normalized spacial score (nSPS) is 12.3. The minimum absolute atomic E-state index is 0.183. The van der Waals surface area contributed by atoms with E-state index in [1.54, 1.807) is 17.5 Å². The first kappa shape index (κ1) is 11.6. The lowest BCUT2D eigenvalue weighted by Crippen LogP contribution is -2.28. The molecule has 0 saturated carbocycles. The summed E-state index contributed by atoms with van der Waals surface area (Å²) in [6.07, 6.45) is 3.17. The zero-order valence-corrected chi connectivity index (χ0v) is 10.1. The van der Waals surface area contributed by atoms with Gasteiger partial charge in [-0.15, -0.1) is 11.3 Å². The lowest BCUT2D eigenvalue weighted by atomic mass is 10.2. The summed E-state index contributed by atoms with van der Waals surface area (Å²) in [5, 5.41) is 12.0. The van der Waals surface area contributed by atoms with E-state index in [4.69, 9.17) is 5.73 Å². The second-order valence-electron chi connectivity index (χ2n) is 3.68. The number of aromatic nitrogens is 3. The van der Waals surface area contributed by atoms with E-state index in [9.17, 15) is 4.79 Å². The molecule has 1 atom stereocenters. The van der Waals surface area contributed by atoms with Crippen LogP contribution in [0.1, 0.15) is 28.3 Å². The quantitative estimate of drug-likeness (QED) is 0.754. The van der Waals surface area contributed by atoms with Gasteiger partial charge in [-0.2, -0.15) is 5.10 Å². The molecule has 6 nitrogen and oxygen atoms in total. The Labute approximate surface area is 102 Å². The van der Waals surface area contributed by atoms with Crippen LogP contribution in [0.5, 0.6) is 0 Å². The zero-order chi connectivity index (χ0) is 12.3. The number of aromatic amines is 1. The van der Waals surface area contributed by atoms with Gasteiger partial charge in [0.1, 0.15) is 5.69 Å². The molecule has 2 aromatic rings. The van der Waals surface area contributed by atoms with E-state index in [1.165, 1.54) is 6.20 Å². The number of anilines is 1. The van der Waals surface area contributed by atoms with Gasteiger partial charge >= 0.3 is 0 Å². The topological polar surface area (TPSA) is 96.7 Å². The van der Waals surface area contributed by atoms with E-state index >= 15 is 0 Å². The van der Waals surface area contributed by atoms with E-state index in [0.29, 0.717) is 17.9 Å². The van der Waals surface area contributed by atoms with E-state index in [2.05, 4.69) is 20.5 Å². The Morgan fingerprint density at radius 1 is 1.71 bits per heavy atom. The van der Waals surface area contributed by atoms with E-state index in [-0.39, 0.29) is 11.8 Å². The molecule has 0 aliphatic rings. The zero-order valence-electron chi connectivity index (χ0n) is 9.30. The number of carbonyl (C=O) groups is 1. The smallest absolute Gasteiger partial charge is 0.271 e. The molecule has 4 N–H and O–H groups in total. The van der Waals surface area contributed by atoms with Gasteiger partial charge in [0.2, 0.25) is 0 Å². The van der Waals surface area contributed by atoms with Gasteiger partial charge in [0.15, 0.2) is 0 Å². The van der Waals surface area contributed by atoms with Crippen LogP contribution >= 0.6 is 11.3 Å². The van der Waals surface area contributed by atoms with E-state index in [0.717, 1.165) is 5.01 Å². The predicted octanol–water partition coefficient (Wildman–Crippen LogP) is 0.982. The van der Waals surface area contributed by atoms with Crippen LogP contribution in [0.2, 0.25) is 0 Å². The summed E-state index contributed by atoms with van der Waals surface area (Å²) in [7, 11) is 0. The first-order chi connectivity index (χ1) is 8.18. The SMILES string of the molecule is CC(CNC(=O)c1[nH]ncc1N)c1nccs1. The van der Waals surface area contributed by atoms with Crippen LogP contribution in [0.25, 0.3) is 0 Å². The average Bonchev–Trinajstić information content (AvgIpc) is 2.95. The van der Waals surface area contributed by atoms with Crippen molar-refractivity contribution in [2.75, 3.05) is 12.3 Å². The summed E-state index contributed by atoms with van der Waals surface area (Å²) in [6, 6.07) is 0. The molecule has 2 heterocycles. The second kappa shape index (κ2) is 4.96. The number of amides is 1. The molecule has 0 aliphatic carbocycles. The Bertz CT molecular complexity index is 493. The number of hydrogen-bond donors (Lipinski definition) is 3. The fourth-order valence-electron chi connectivity index (χ4n) is 1.38. The summed E-state index contributed by atoms with van der Waals surface area (Å²) in [6.45, 7) is 2.53. The number of hydrogen-bond acceptors (Lipinski definition) is 5. The number of nitrogen functional groups attached to an aromatic ring is 1. The molecule has 90 valence electrons. The molecule has 0 fully saturated rings. The average molecular weight is 251 g/mol. The number of thiazole rings is 1. The number of nitrogens with two attached hydrogens (primary N) is 1. The molecular formula is C10H13N5OS. The Morgan fingerprint density at radius 3 is 3.12 bits per heavy atom. The molecule has 0 aromatic carbocycles. The molecular weight excluding hydrogens is 238 g/mol. The van der Waals surface area contributed by atoms with Crippen molar-refractivity contribution in [3.8, 4) is 0 Å². The van der Waals surface area contributed by atoms with Crippen molar-refractivity contribution in [2.45, 2.75) is 12.8 Å². The number of rotatable bonds is 4. The summed E-state index contributed by atoms with van der Waals surface area (Å²) in [5.41, 5.74) is 6.23. The van der Waals surface area contributed by atoms with Gasteiger partial charge in [-0.1, -0.05) is 6.92 Å². The number of nitrogens with zero attached hydrogens (tertiary/aromatic N) is 2. The number of nitrogens with one attached hydrogen (secondary N) is 2. The first-order valence-electron chi connectivity index (χ1n) is 5.15. The highest BCUT2D eigenvalue weighted by Crippen LogP contribution is 2.16. The molecule has 0 aliphatic heterocycles. The highest BCUT2D eigenvalue weighted by Gasteiger charge is 2.14. The van der Waals surface area contributed by atoms with Gasteiger partial charge < -0.3 is 11.1 Å². The minimum atomic E-state index is -0.247. The maximum absolute atomic E-state index is 11.7. The molecule has 2 aromatic heterocycles. The van der Waals surface area contributed by atoms with E-state index in [1.807, 2.05) is 12.3 Å². The van der Waals surface area contributed by atoms with Gasteiger partial charge in [-0.05, 0) is 0 Å². The lowest BCUT2D eigenvalue weighted by Gasteiger charge is -2.09. The van der Waals surface area contributed by atoms with Gasteiger partial charge in [0.05, 0.1) is 16.9 Å². The van der Waals surface area contributed by atoms with Crippen molar-refractivity contribution in [3.05, 3.63) is 28.5 Å². The van der Waals surface area contributed by atoms with Gasteiger partial charge in [0, 0.05) is 24.0 Å². The maximum atomic E-state index is 11.7. The molecule has 17 heavy (non-hydrogen) atoms. The third kappa shape index (κ3) is 2.62. The number of carbonyl (C=O) groups excluding carboxylic acids is 1. The molecule has 1 amide bonds. The highest BCUT2D eigenvalue weighted by atomic mass is 32.1. The Hall–Kier alpha value is -1.89. The fraction of sp³-hybridized carbons (Fsp3) is 0.300. The largest absolute Gasteiger partial charge is 0.396 e. The van der Waals surface area contributed by atoms with Crippen molar-refractivity contribution in [1.82, 2.24) is 20.5 Å². The van der Waals surface area contributed by atoms with E-state index < -0.39 is 0 Å². The third-order valence-corrected chi connectivity index (χ3v) is 3.34. The van der Waals surface area contributed by atoms with Crippen LogP contribution in [0.4, 0.5) is 5.69 Å². The van der Waals surface area contributed by atoms with Gasteiger partial charge in [0.25, 0.3) is 5.91 Å². The Kier molecular flexibility index (Phi) is 3.38. The van der Waals surface area contributed by atoms with Gasteiger partial charge in [-0.25, -0.2) is 4.98 Å². The molecule has 7 heteroatoms. The lowest BCUT2D eigenvalue weighted by molar-refractivity contribution is 0.0947. The van der Waals surface area contributed by atoms with Crippen LogP contribution in [-0.2, 0) is 0 Å². The van der Waals surface area contributed by atoms with Crippen LogP contribution in [0.3, 0.4) is 0 Å². The summed E-state index contributed by atoms with van der Waals surface area (Å²) < 4.78 is 0. The summed E-state index contributed by atoms with van der Waals surface area (Å²) >= 11 is 1.58. The highest BCUT2D eigenvalue weighted by molar-refractivity contribution is 7.09. The molecule has 0 bridgehead atoms. The molecule has 0 radical (unpaired) electrons. The molecule has 0 spiro atoms.